The Hall–Kier alpha value is -3.64. The van der Waals surface area contributed by atoms with Gasteiger partial charge in [-0.1, -0.05) is 16.8 Å². The Balaban J connectivity index is 1.46. The van der Waals surface area contributed by atoms with Gasteiger partial charge in [-0.2, -0.15) is 4.98 Å². The van der Waals surface area contributed by atoms with Gasteiger partial charge >= 0.3 is 0 Å². The van der Waals surface area contributed by atoms with Crippen LogP contribution < -0.4 is 10.1 Å². The predicted molar refractivity (Wildman–Crippen MR) is 111 cm³/mol. The molecular weight excluding hydrogens is 390 g/mol. The minimum absolute atomic E-state index is 0.205. The molecule has 1 heterocycles. The summed E-state index contributed by atoms with van der Waals surface area (Å²) in [7, 11) is 1.58. The van der Waals surface area contributed by atoms with E-state index in [2.05, 4.69) is 15.5 Å². The molecule has 0 atom stereocenters. The second-order valence-electron chi connectivity index (χ2n) is 6.19. The van der Waals surface area contributed by atoms with E-state index in [1.165, 1.54) is 0 Å². The standard InChI is InChI=1S/C22H16ClN3O3/c1-28-19-12-6-15(7-13-19)21(27)24-18-10-4-16(5-11-18)22-25-20(26-29-22)14-2-8-17(23)9-3-14/h2-13H,1H3,(H,24,27). The number of benzene rings is 3. The molecule has 0 spiro atoms. The molecular formula is C22H16ClN3O3. The number of aromatic nitrogens is 2. The number of carbonyl (C=O) groups excluding carboxylic acids is 1. The average Bonchev–Trinajstić information content (AvgIpc) is 3.25. The van der Waals surface area contributed by atoms with Crippen molar-refractivity contribution in [2.75, 3.05) is 12.4 Å². The number of anilines is 1. The first-order chi connectivity index (χ1) is 14.1. The van der Waals surface area contributed by atoms with Crippen molar-refractivity contribution in [2.24, 2.45) is 0 Å². The first-order valence-corrected chi connectivity index (χ1v) is 9.16. The van der Waals surface area contributed by atoms with Crippen molar-refractivity contribution in [3.63, 3.8) is 0 Å². The van der Waals surface area contributed by atoms with E-state index in [4.69, 9.17) is 20.9 Å². The number of rotatable bonds is 5. The summed E-state index contributed by atoms with van der Waals surface area (Å²) in [6.45, 7) is 0. The molecule has 7 heteroatoms. The number of hydrogen-bond acceptors (Lipinski definition) is 5. The van der Waals surface area contributed by atoms with Gasteiger partial charge in [0, 0.05) is 27.4 Å². The van der Waals surface area contributed by atoms with Crippen molar-refractivity contribution in [3.8, 4) is 28.6 Å². The Morgan fingerprint density at radius 1 is 0.931 bits per heavy atom. The maximum Gasteiger partial charge on any atom is 0.258 e. The molecule has 0 bridgehead atoms. The number of halogens is 1. The third-order valence-corrected chi connectivity index (χ3v) is 4.52. The number of carbonyl (C=O) groups is 1. The molecule has 0 unspecified atom stereocenters. The second kappa shape index (κ2) is 8.16. The first-order valence-electron chi connectivity index (χ1n) is 8.78. The lowest BCUT2D eigenvalue weighted by atomic mass is 10.1. The summed E-state index contributed by atoms with van der Waals surface area (Å²) in [5.74, 6) is 1.36. The highest BCUT2D eigenvalue weighted by Crippen LogP contribution is 2.24. The number of methoxy groups -OCH3 is 1. The summed E-state index contributed by atoms with van der Waals surface area (Å²) in [4.78, 5) is 16.8. The first kappa shape index (κ1) is 18.7. The fourth-order valence-corrected chi connectivity index (χ4v) is 2.82. The molecule has 144 valence electrons. The smallest absolute Gasteiger partial charge is 0.258 e. The largest absolute Gasteiger partial charge is 0.497 e. The normalized spacial score (nSPS) is 10.6. The summed E-state index contributed by atoms with van der Waals surface area (Å²) in [6, 6.07) is 21.3. The Labute approximate surface area is 172 Å². The van der Waals surface area contributed by atoms with Gasteiger partial charge in [0.05, 0.1) is 7.11 Å². The lowest BCUT2D eigenvalue weighted by Crippen LogP contribution is -2.11. The zero-order valence-corrected chi connectivity index (χ0v) is 16.2. The molecule has 0 aliphatic rings. The number of ether oxygens (including phenoxy) is 1. The zero-order chi connectivity index (χ0) is 20.2. The third kappa shape index (κ3) is 4.28. The van der Waals surface area contributed by atoms with Gasteiger partial charge < -0.3 is 14.6 Å². The van der Waals surface area contributed by atoms with Gasteiger partial charge in [-0.05, 0) is 72.8 Å². The van der Waals surface area contributed by atoms with E-state index in [0.29, 0.717) is 33.7 Å². The Bertz CT molecular complexity index is 1120. The van der Waals surface area contributed by atoms with Crippen molar-refractivity contribution in [1.82, 2.24) is 10.1 Å². The molecule has 0 saturated carbocycles. The van der Waals surface area contributed by atoms with Crippen molar-refractivity contribution in [3.05, 3.63) is 83.4 Å². The summed E-state index contributed by atoms with van der Waals surface area (Å²) >= 11 is 5.90. The van der Waals surface area contributed by atoms with E-state index in [0.717, 1.165) is 11.1 Å². The van der Waals surface area contributed by atoms with Gasteiger partial charge in [0.15, 0.2) is 0 Å². The average molecular weight is 406 g/mol. The minimum atomic E-state index is -0.205. The van der Waals surface area contributed by atoms with Crippen LogP contribution in [0.3, 0.4) is 0 Å². The van der Waals surface area contributed by atoms with Gasteiger partial charge in [0.2, 0.25) is 5.82 Å². The quantitative estimate of drug-likeness (QED) is 0.486. The van der Waals surface area contributed by atoms with Crippen molar-refractivity contribution in [1.29, 1.82) is 0 Å². The fraction of sp³-hybridized carbons (Fsp3) is 0.0455. The van der Waals surface area contributed by atoms with E-state index in [-0.39, 0.29) is 5.91 Å². The van der Waals surface area contributed by atoms with Crippen LogP contribution in [-0.2, 0) is 0 Å². The van der Waals surface area contributed by atoms with Gasteiger partial charge in [-0.25, -0.2) is 0 Å². The van der Waals surface area contributed by atoms with E-state index in [1.807, 2.05) is 24.3 Å². The Kier molecular flexibility index (Phi) is 5.27. The van der Waals surface area contributed by atoms with Crippen LogP contribution in [0.15, 0.2) is 77.3 Å². The van der Waals surface area contributed by atoms with Gasteiger partial charge in [-0.15, -0.1) is 0 Å². The maximum atomic E-state index is 12.4. The monoisotopic (exact) mass is 405 g/mol. The summed E-state index contributed by atoms with van der Waals surface area (Å²) in [5.41, 5.74) is 2.76. The molecule has 0 aliphatic carbocycles. The van der Waals surface area contributed by atoms with Crippen molar-refractivity contribution >= 4 is 23.2 Å². The highest BCUT2D eigenvalue weighted by molar-refractivity contribution is 6.30. The topological polar surface area (TPSA) is 77.2 Å². The van der Waals surface area contributed by atoms with Crippen LogP contribution in [0.5, 0.6) is 5.75 Å². The molecule has 29 heavy (non-hydrogen) atoms. The SMILES string of the molecule is COc1ccc(C(=O)Nc2ccc(-c3nc(-c4ccc(Cl)cc4)no3)cc2)cc1. The highest BCUT2D eigenvalue weighted by atomic mass is 35.5. The van der Waals surface area contributed by atoms with E-state index in [9.17, 15) is 4.79 Å². The summed E-state index contributed by atoms with van der Waals surface area (Å²) in [6.07, 6.45) is 0. The van der Waals surface area contributed by atoms with Gasteiger partial charge in [-0.3, -0.25) is 4.79 Å². The molecule has 6 nitrogen and oxygen atoms in total. The molecule has 1 amide bonds. The molecule has 0 aliphatic heterocycles. The minimum Gasteiger partial charge on any atom is -0.497 e. The van der Waals surface area contributed by atoms with Gasteiger partial charge in [0.1, 0.15) is 5.75 Å². The third-order valence-electron chi connectivity index (χ3n) is 4.27. The zero-order valence-electron chi connectivity index (χ0n) is 15.4. The van der Waals surface area contributed by atoms with E-state index in [1.54, 1.807) is 55.6 Å². The summed E-state index contributed by atoms with van der Waals surface area (Å²) < 4.78 is 10.5. The van der Waals surface area contributed by atoms with Crippen LogP contribution in [0.2, 0.25) is 5.02 Å². The second-order valence-corrected chi connectivity index (χ2v) is 6.63. The van der Waals surface area contributed by atoms with E-state index < -0.39 is 0 Å². The van der Waals surface area contributed by atoms with Crippen LogP contribution in [0, 0.1) is 0 Å². The number of nitrogens with zero attached hydrogens (tertiary/aromatic N) is 2. The number of nitrogens with one attached hydrogen (secondary N) is 1. The molecule has 1 N–H and O–H groups in total. The molecule has 0 radical (unpaired) electrons. The molecule has 1 aromatic heterocycles. The van der Waals surface area contributed by atoms with Crippen molar-refractivity contribution in [2.45, 2.75) is 0 Å². The van der Waals surface area contributed by atoms with Crippen LogP contribution in [0.25, 0.3) is 22.8 Å². The van der Waals surface area contributed by atoms with Gasteiger partial charge in [0.25, 0.3) is 11.8 Å². The Morgan fingerprint density at radius 3 is 2.24 bits per heavy atom. The molecule has 4 aromatic rings. The van der Waals surface area contributed by atoms with E-state index >= 15 is 0 Å². The van der Waals surface area contributed by atoms with Crippen LogP contribution in [0.4, 0.5) is 5.69 Å². The highest BCUT2D eigenvalue weighted by Gasteiger charge is 2.11. The van der Waals surface area contributed by atoms with Crippen LogP contribution in [-0.4, -0.2) is 23.2 Å². The van der Waals surface area contributed by atoms with Crippen LogP contribution in [0.1, 0.15) is 10.4 Å². The lowest BCUT2D eigenvalue weighted by Gasteiger charge is -2.06. The maximum absolute atomic E-state index is 12.4. The molecule has 0 fully saturated rings. The number of hydrogen-bond donors (Lipinski definition) is 1. The van der Waals surface area contributed by atoms with Crippen LogP contribution >= 0.6 is 11.6 Å². The molecule has 0 saturated heterocycles. The fourth-order valence-electron chi connectivity index (χ4n) is 2.70. The van der Waals surface area contributed by atoms with Crippen molar-refractivity contribution < 1.29 is 14.1 Å². The predicted octanol–water partition coefficient (Wildman–Crippen LogP) is 5.32. The lowest BCUT2D eigenvalue weighted by molar-refractivity contribution is 0.102. The molecule has 4 rings (SSSR count). The number of amides is 1. The Morgan fingerprint density at radius 2 is 1.59 bits per heavy atom. The summed E-state index contributed by atoms with van der Waals surface area (Å²) in [5, 5.41) is 7.50. The molecule has 3 aromatic carbocycles.